The first-order valence-corrected chi connectivity index (χ1v) is 10.1. The molecule has 3 unspecified atom stereocenters. The summed E-state index contributed by atoms with van der Waals surface area (Å²) in [6, 6.07) is 6.34. The fourth-order valence-corrected chi connectivity index (χ4v) is 3.55. The van der Waals surface area contributed by atoms with E-state index in [1.165, 1.54) is 4.90 Å². The molecule has 9 nitrogen and oxygen atoms in total. The maximum absolute atomic E-state index is 13.0. The van der Waals surface area contributed by atoms with Gasteiger partial charge in [-0.3, -0.25) is 14.4 Å². The van der Waals surface area contributed by atoms with Crippen molar-refractivity contribution in [1.82, 2.24) is 15.5 Å². The SMILES string of the molecule is CC(C)C(NC(=O)CN)C(=O)N1CCCC1C(=O)NC(Cc1ccccc1)C(=O)O. The summed E-state index contributed by atoms with van der Waals surface area (Å²) in [6.07, 6.45) is 1.20. The van der Waals surface area contributed by atoms with E-state index in [1.807, 2.05) is 6.07 Å². The third-order valence-corrected chi connectivity index (χ3v) is 5.17. The van der Waals surface area contributed by atoms with E-state index < -0.39 is 35.9 Å². The number of nitrogens with two attached hydrogens (primary N) is 1. The molecule has 1 aliphatic rings. The van der Waals surface area contributed by atoms with Crippen molar-refractivity contribution in [2.75, 3.05) is 13.1 Å². The Labute approximate surface area is 176 Å². The van der Waals surface area contributed by atoms with Crippen molar-refractivity contribution in [2.45, 2.75) is 51.2 Å². The van der Waals surface area contributed by atoms with Crippen LogP contribution in [0.2, 0.25) is 0 Å². The highest BCUT2D eigenvalue weighted by Gasteiger charge is 2.39. The summed E-state index contributed by atoms with van der Waals surface area (Å²) in [4.78, 5) is 50.7. The minimum atomic E-state index is -1.14. The highest BCUT2D eigenvalue weighted by Crippen LogP contribution is 2.21. The average molecular weight is 418 g/mol. The molecule has 0 spiro atoms. The fraction of sp³-hybridized carbons (Fsp3) is 0.524. The van der Waals surface area contributed by atoms with Crippen molar-refractivity contribution < 1.29 is 24.3 Å². The van der Waals surface area contributed by atoms with E-state index in [-0.39, 0.29) is 24.8 Å². The lowest BCUT2D eigenvalue weighted by Gasteiger charge is -2.31. The second kappa shape index (κ2) is 10.7. The number of hydrogen-bond acceptors (Lipinski definition) is 5. The number of hydrogen-bond donors (Lipinski definition) is 4. The number of likely N-dealkylation sites (tertiary alicyclic amines) is 1. The number of amides is 3. The van der Waals surface area contributed by atoms with Crippen LogP contribution >= 0.6 is 0 Å². The number of benzene rings is 1. The van der Waals surface area contributed by atoms with Gasteiger partial charge in [-0.05, 0) is 24.3 Å². The summed E-state index contributed by atoms with van der Waals surface area (Å²) < 4.78 is 0. The van der Waals surface area contributed by atoms with Crippen LogP contribution in [-0.4, -0.2) is 64.9 Å². The van der Waals surface area contributed by atoms with E-state index in [0.29, 0.717) is 19.4 Å². The molecule has 1 saturated heterocycles. The molecule has 0 saturated carbocycles. The van der Waals surface area contributed by atoms with Gasteiger partial charge in [-0.25, -0.2) is 4.79 Å². The predicted octanol–water partition coefficient (Wildman–Crippen LogP) is -0.111. The Kier molecular flexibility index (Phi) is 8.35. The van der Waals surface area contributed by atoms with E-state index in [9.17, 15) is 24.3 Å². The van der Waals surface area contributed by atoms with Gasteiger partial charge in [0.2, 0.25) is 17.7 Å². The monoisotopic (exact) mass is 418 g/mol. The number of nitrogens with one attached hydrogen (secondary N) is 2. The molecule has 1 aromatic carbocycles. The molecule has 9 heteroatoms. The molecule has 1 fully saturated rings. The molecule has 0 bridgehead atoms. The summed E-state index contributed by atoms with van der Waals surface area (Å²) >= 11 is 0. The van der Waals surface area contributed by atoms with Crippen LogP contribution in [0, 0.1) is 5.92 Å². The zero-order valence-electron chi connectivity index (χ0n) is 17.3. The zero-order valence-corrected chi connectivity index (χ0v) is 17.3. The number of rotatable bonds is 9. The molecule has 2 rings (SSSR count). The van der Waals surface area contributed by atoms with Gasteiger partial charge in [0, 0.05) is 13.0 Å². The van der Waals surface area contributed by atoms with Gasteiger partial charge in [-0.1, -0.05) is 44.2 Å². The quantitative estimate of drug-likeness (QED) is 0.441. The first-order chi connectivity index (χ1) is 14.2. The van der Waals surface area contributed by atoms with Gasteiger partial charge in [-0.15, -0.1) is 0 Å². The van der Waals surface area contributed by atoms with Crippen molar-refractivity contribution in [1.29, 1.82) is 0 Å². The number of carbonyl (C=O) groups excluding carboxylic acids is 3. The first-order valence-electron chi connectivity index (χ1n) is 10.1. The van der Waals surface area contributed by atoms with Crippen LogP contribution < -0.4 is 16.4 Å². The Hall–Kier alpha value is -2.94. The standard InChI is InChI=1S/C21H30N4O5/c1-13(2)18(24-17(26)12-22)20(28)25-10-6-9-16(25)19(27)23-15(21(29)30)11-14-7-4-3-5-8-14/h3-5,7-8,13,15-16,18H,6,9-12,22H2,1-2H3,(H,23,27)(H,24,26)(H,29,30). The van der Waals surface area contributed by atoms with Gasteiger partial charge in [0.1, 0.15) is 18.1 Å². The van der Waals surface area contributed by atoms with Crippen molar-refractivity contribution in [3.8, 4) is 0 Å². The number of carboxylic acids is 1. The van der Waals surface area contributed by atoms with Crippen LogP contribution in [0.4, 0.5) is 0 Å². The van der Waals surface area contributed by atoms with Gasteiger partial charge < -0.3 is 26.4 Å². The number of aliphatic carboxylic acids is 1. The van der Waals surface area contributed by atoms with E-state index in [1.54, 1.807) is 38.1 Å². The lowest BCUT2D eigenvalue weighted by Crippen LogP contribution is -2.57. The zero-order chi connectivity index (χ0) is 22.3. The Morgan fingerprint density at radius 3 is 2.40 bits per heavy atom. The average Bonchev–Trinajstić information content (AvgIpc) is 3.21. The van der Waals surface area contributed by atoms with Crippen molar-refractivity contribution in [3.63, 3.8) is 0 Å². The lowest BCUT2D eigenvalue weighted by molar-refractivity contribution is -0.145. The van der Waals surface area contributed by atoms with Gasteiger partial charge in [0.25, 0.3) is 0 Å². The van der Waals surface area contributed by atoms with Crippen LogP contribution in [-0.2, 0) is 25.6 Å². The van der Waals surface area contributed by atoms with Crippen molar-refractivity contribution in [2.24, 2.45) is 11.7 Å². The van der Waals surface area contributed by atoms with Gasteiger partial charge >= 0.3 is 5.97 Å². The Balaban J connectivity index is 2.10. The summed E-state index contributed by atoms with van der Waals surface area (Å²) in [6.45, 7) is 3.73. The maximum Gasteiger partial charge on any atom is 0.326 e. The molecule has 0 aliphatic carbocycles. The molecule has 30 heavy (non-hydrogen) atoms. The van der Waals surface area contributed by atoms with Crippen LogP contribution in [0.1, 0.15) is 32.3 Å². The maximum atomic E-state index is 13.0. The Morgan fingerprint density at radius 2 is 1.83 bits per heavy atom. The van der Waals surface area contributed by atoms with Crippen LogP contribution in [0.3, 0.4) is 0 Å². The molecule has 1 aromatic rings. The number of carbonyl (C=O) groups is 4. The van der Waals surface area contributed by atoms with Gasteiger partial charge in [0.15, 0.2) is 0 Å². The predicted molar refractivity (Wildman–Crippen MR) is 110 cm³/mol. The summed E-state index contributed by atoms with van der Waals surface area (Å²) in [5.74, 6) is -2.65. The molecule has 164 valence electrons. The molecule has 3 amide bonds. The third-order valence-electron chi connectivity index (χ3n) is 5.17. The molecule has 0 radical (unpaired) electrons. The van der Waals surface area contributed by atoms with E-state index >= 15 is 0 Å². The first kappa shape index (κ1) is 23.3. The minimum absolute atomic E-state index is 0.143. The topological polar surface area (TPSA) is 142 Å². The summed E-state index contributed by atoms with van der Waals surface area (Å²) in [5.41, 5.74) is 6.13. The van der Waals surface area contributed by atoms with Gasteiger partial charge in [-0.2, -0.15) is 0 Å². The van der Waals surface area contributed by atoms with Gasteiger partial charge in [0.05, 0.1) is 6.54 Å². The molecular weight excluding hydrogens is 388 g/mol. The lowest BCUT2D eigenvalue weighted by atomic mass is 10.0. The minimum Gasteiger partial charge on any atom is -0.480 e. The molecule has 0 aromatic heterocycles. The van der Waals surface area contributed by atoms with E-state index in [4.69, 9.17) is 5.73 Å². The van der Waals surface area contributed by atoms with Crippen LogP contribution in [0.25, 0.3) is 0 Å². The number of nitrogens with zero attached hydrogens (tertiary/aromatic N) is 1. The highest BCUT2D eigenvalue weighted by atomic mass is 16.4. The number of carboxylic acid groups (broad SMARTS) is 1. The molecule has 1 heterocycles. The molecule has 5 N–H and O–H groups in total. The van der Waals surface area contributed by atoms with Crippen LogP contribution in [0.5, 0.6) is 0 Å². The molecule has 3 atom stereocenters. The summed E-state index contributed by atoms with van der Waals surface area (Å²) in [5, 5.41) is 14.7. The molecular formula is C21H30N4O5. The second-order valence-electron chi connectivity index (χ2n) is 7.77. The normalized spacial score (nSPS) is 18.0. The van der Waals surface area contributed by atoms with Crippen LogP contribution in [0.15, 0.2) is 30.3 Å². The summed E-state index contributed by atoms with van der Waals surface area (Å²) in [7, 11) is 0. The third kappa shape index (κ3) is 6.03. The van der Waals surface area contributed by atoms with E-state index in [0.717, 1.165) is 5.56 Å². The second-order valence-corrected chi connectivity index (χ2v) is 7.77. The van der Waals surface area contributed by atoms with Crippen molar-refractivity contribution >= 4 is 23.7 Å². The van der Waals surface area contributed by atoms with Crippen molar-refractivity contribution in [3.05, 3.63) is 35.9 Å². The smallest absolute Gasteiger partial charge is 0.326 e. The largest absolute Gasteiger partial charge is 0.480 e. The Morgan fingerprint density at radius 1 is 1.17 bits per heavy atom. The fourth-order valence-electron chi connectivity index (χ4n) is 3.55. The Bertz CT molecular complexity index is 768. The highest BCUT2D eigenvalue weighted by molar-refractivity contribution is 5.94. The van der Waals surface area contributed by atoms with E-state index in [2.05, 4.69) is 10.6 Å². The molecule has 1 aliphatic heterocycles.